The molecule has 4 nitrogen and oxygen atoms in total. The lowest BCUT2D eigenvalue weighted by atomic mass is 9.67. The Labute approximate surface area is 284 Å². The summed E-state index contributed by atoms with van der Waals surface area (Å²) in [4.78, 5) is 53.1. The van der Waals surface area contributed by atoms with Crippen LogP contribution >= 0.6 is 22.7 Å². The topological polar surface area (TPSA) is 68.3 Å². The molecule has 0 atom stereocenters. The van der Waals surface area contributed by atoms with Gasteiger partial charge < -0.3 is 0 Å². The van der Waals surface area contributed by atoms with Crippen LogP contribution in [0.1, 0.15) is 84.8 Å². The van der Waals surface area contributed by atoms with Crippen LogP contribution in [-0.2, 0) is 15.0 Å². The second-order valence-electron chi connectivity index (χ2n) is 13.3. The summed E-state index contributed by atoms with van der Waals surface area (Å²) in [7, 11) is 0. The number of benzene rings is 4. The Morgan fingerprint density at radius 2 is 0.917 bits per heavy atom. The second kappa shape index (κ2) is 9.99. The smallest absolute Gasteiger partial charge is 0.234 e. The van der Waals surface area contributed by atoms with Gasteiger partial charge in [-0.2, -0.15) is 0 Å². The van der Waals surface area contributed by atoms with Crippen LogP contribution in [0, 0.1) is 0 Å². The maximum atomic E-state index is 12.9. The van der Waals surface area contributed by atoms with Crippen LogP contribution in [0.5, 0.6) is 0 Å². The molecule has 4 aliphatic rings. The summed E-state index contributed by atoms with van der Waals surface area (Å²) < 4.78 is 2.31. The molecule has 10 rings (SSSR count). The van der Waals surface area contributed by atoms with Crippen molar-refractivity contribution in [2.75, 3.05) is 0 Å². The fourth-order valence-electron chi connectivity index (χ4n) is 8.57. The van der Waals surface area contributed by atoms with Gasteiger partial charge in [0.1, 0.15) is 0 Å². The fourth-order valence-corrected chi connectivity index (χ4v) is 10.6. The average Bonchev–Trinajstić information content (AvgIpc) is 3.87. The van der Waals surface area contributed by atoms with Crippen molar-refractivity contribution in [2.45, 2.75) is 37.5 Å². The monoisotopic (exact) mass is 658 g/mol. The van der Waals surface area contributed by atoms with Crippen LogP contribution in [0.4, 0.5) is 0 Å². The summed E-state index contributed by atoms with van der Waals surface area (Å²) in [6, 6.07) is 28.3. The van der Waals surface area contributed by atoms with Gasteiger partial charge in [-0.1, -0.05) is 67.8 Å². The normalized spacial score (nSPS) is 19.2. The predicted octanol–water partition coefficient (Wildman–Crippen LogP) is 9.96. The minimum atomic E-state index is -0.436. The molecule has 4 aromatic carbocycles. The molecule has 230 valence electrons. The number of fused-ring (bicyclic) bond motifs is 9. The van der Waals surface area contributed by atoms with Gasteiger partial charge >= 0.3 is 0 Å². The standard InChI is InChI=1S/C42H26O4S2/c43-38-28-10-4-2-8-26(28)32(40(38)45)18-24-14-22-16-34-30(20-36(22)47-24)31-21-37-23(17-35(31)42(34)12-6-1-7-13-42)15-25(48-37)19-33-27-9-3-5-11-29(27)39(44)41(33)46/h2-5,8-11,14-21H,1,6-7,12-13H2/b32-18-,33-19-. The van der Waals surface area contributed by atoms with E-state index in [0.717, 1.165) is 32.0 Å². The Kier molecular flexibility index (Phi) is 5.83. The number of Topliss-reactive ketones (excluding diaryl/α,β-unsaturated/α-hetero) is 4. The molecule has 0 N–H and O–H groups in total. The van der Waals surface area contributed by atoms with E-state index in [1.54, 1.807) is 46.9 Å². The molecule has 6 aromatic rings. The molecular formula is C42H26O4S2. The van der Waals surface area contributed by atoms with Crippen molar-refractivity contribution in [1.82, 2.24) is 0 Å². The van der Waals surface area contributed by atoms with Gasteiger partial charge in [-0.05, 0) is 106 Å². The molecule has 0 aliphatic heterocycles. The van der Waals surface area contributed by atoms with Gasteiger partial charge in [-0.25, -0.2) is 0 Å². The number of rotatable bonds is 2. The van der Waals surface area contributed by atoms with E-state index in [1.807, 2.05) is 36.4 Å². The van der Waals surface area contributed by atoms with E-state index in [9.17, 15) is 19.2 Å². The van der Waals surface area contributed by atoms with E-state index < -0.39 is 23.1 Å². The van der Waals surface area contributed by atoms with Crippen LogP contribution in [-0.4, -0.2) is 23.1 Å². The van der Waals surface area contributed by atoms with E-state index in [2.05, 4.69) is 36.4 Å². The molecule has 6 heteroatoms. The molecule has 1 spiro atoms. The Morgan fingerprint density at radius 1 is 0.479 bits per heavy atom. The Morgan fingerprint density at radius 3 is 1.38 bits per heavy atom. The molecule has 2 heterocycles. The summed E-state index contributed by atoms with van der Waals surface area (Å²) >= 11 is 3.31. The number of allylic oxidation sites excluding steroid dienone is 2. The molecule has 2 aromatic heterocycles. The largest absolute Gasteiger partial charge is 0.285 e. The maximum absolute atomic E-state index is 12.9. The van der Waals surface area contributed by atoms with Crippen molar-refractivity contribution in [1.29, 1.82) is 0 Å². The van der Waals surface area contributed by atoms with Crippen LogP contribution in [0.25, 0.3) is 54.6 Å². The Hall–Kier alpha value is -5.04. The summed E-state index contributed by atoms with van der Waals surface area (Å²) in [5.41, 5.74) is 8.63. The lowest BCUT2D eigenvalue weighted by molar-refractivity contribution is -0.110. The number of hydrogen-bond donors (Lipinski definition) is 0. The zero-order chi connectivity index (χ0) is 32.3. The molecule has 4 aliphatic carbocycles. The quantitative estimate of drug-likeness (QED) is 0.137. The molecule has 0 unspecified atom stereocenters. The molecule has 1 saturated carbocycles. The molecular weight excluding hydrogens is 633 g/mol. The van der Waals surface area contributed by atoms with Crippen molar-refractivity contribution in [3.63, 3.8) is 0 Å². The lowest BCUT2D eigenvalue weighted by Crippen LogP contribution is -2.28. The first-order valence-corrected chi connectivity index (χ1v) is 18.0. The van der Waals surface area contributed by atoms with Crippen molar-refractivity contribution in [3.8, 4) is 11.1 Å². The predicted molar refractivity (Wildman–Crippen MR) is 194 cm³/mol. The lowest BCUT2D eigenvalue weighted by Gasteiger charge is -2.36. The second-order valence-corrected chi connectivity index (χ2v) is 15.6. The third-order valence-electron chi connectivity index (χ3n) is 10.8. The van der Waals surface area contributed by atoms with Gasteiger partial charge in [-0.15, -0.1) is 22.7 Å². The number of carbonyl (C=O) groups excluding carboxylic acids is 4. The molecule has 0 bridgehead atoms. The highest BCUT2D eigenvalue weighted by Gasteiger charge is 2.44. The van der Waals surface area contributed by atoms with Gasteiger partial charge in [0.25, 0.3) is 0 Å². The number of hydrogen-bond acceptors (Lipinski definition) is 6. The Balaban J connectivity index is 1.10. The summed E-state index contributed by atoms with van der Waals surface area (Å²) in [6.07, 6.45) is 9.59. The van der Waals surface area contributed by atoms with Crippen molar-refractivity contribution < 1.29 is 19.2 Å². The number of thiophene rings is 2. The maximum Gasteiger partial charge on any atom is 0.234 e. The van der Waals surface area contributed by atoms with Crippen molar-refractivity contribution >= 4 is 89.3 Å². The van der Waals surface area contributed by atoms with E-state index in [4.69, 9.17) is 0 Å². The van der Waals surface area contributed by atoms with E-state index in [1.165, 1.54) is 52.3 Å². The van der Waals surface area contributed by atoms with Crippen LogP contribution in [0.15, 0.2) is 84.9 Å². The highest BCUT2D eigenvalue weighted by Crippen LogP contribution is 2.58. The van der Waals surface area contributed by atoms with Crippen molar-refractivity contribution in [3.05, 3.63) is 128 Å². The van der Waals surface area contributed by atoms with E-state index >= 15 is 0 Å². The summed E-state index contributed by atoms with van der Waals surface area (Å²) in [5, 5.41) is 2.33. The first kappa shape index (κ1) is 28.0. The SMILES string of the molecule is O=C1C(=O)c2ccccc2/C1=C/c1cc2cc3c(cc2s1)-c1cc2sc(/C=C4\C(=O)C(=O)c5ccccc54)cc2cc1C31CCCCC1. The number of carbonyl (C=O) groups is 4. The van der Waals surface area contributed by atoms with Crippen LogP contribution < -0.4 is 0 Å². The summed E-state index contributed by atoms with van der Waals surface area (Å²) in [6.45, 7) is 0. The highest BCUT2D eigenvalue weighted by molar-refractivity contribution is 7.20. The fraction of sp³-hybridized carbons (Fsp3) is 0.143. The summed E-state index contributed by atoms with van der Waals surface area (Å²) in [5.74, 6) is -1.73. The third-order valence-corrected chi connectivity index (χ3v) is 12.9. The van der Waals surface area contributed by atoms with Crippen molar-refractivity contribution in [2.24, 2.45) is 0 Å². The van der Waals surface area contributed by atoms with Gasteiger partial charge in [0.15, 0.2) is 0 Å². The molecule has 1 fully saturated rings. The number of ketones is 4. The molecule has 48 heavy (non-hydrogen) atoms. The van der Waals surface area contributed by atoms with Crippen LogP contribution in [0.2, 0.25) is 0 Å². The third kappa shape index (κ3) is 3.81. The van der Waals surface area contributed by atoms with Gasteiger partial charge in [0.2, 0.25) is 23.1 Å². The molecule has 0 radical (unpaired) electrons. The average molecular weight is 659 g/mol. The zero-order valence-electron chi connectivity index (χ0n) is 25.7. The first-order chi connectivity index (χ1) is 23.4. The first-order valence-electron chi connectivity index (χ1n) is 16.4. The highest BCUT2D eigenvalue weighted by atomic mass is 32.1. The van der Waals surface area contributed by atoms with E-state index in [0.29, 0.717) is 33.4 Å². The molecule has 0 amide bonds. The molecule has 0 saturated heterocycles. The van der Waals surface area contributed by atoms with Crippen LogP contribution in [0.3, 0.4) is 0 Å². The van der Waals surface area contributed by atoms with Gasteiger partial charge in [-0.3, -0.25) is 19.2 Å². The minimum absolute atomic E-state index is 0.0496. The minimum Gasteiger partial charge on any atom is -0.285 e. The van der Waals surface area contributed by atoms with Gasteiger partial charge in [0.05, 0.1) is 0 Å². The van der Waals surface area contributed by atoms with Gasteiger partial charge in [0, 0.05) is 46.8 Å². The van der Waals surface area contributed by atoms with E-state index in [-0.39, 0.29) is 5.41 Å². The Bertz CT molecular complexity index is 2390. The zero-order valence-corrected chi connectivity index (χ0v) is 27.4.